The summed E-state index contributed by atoms with van der Waals surface area (Å²) in [5, 5.41) is 0. The maximum Gasteiger partial charge on any atom is -0.00258 e. The third-order valence-electron chi connectivity index (χ3n) is 6.19. The number of hydrogen-bond acceptors (Lipinski definition) is 0. The highest BCUT2D eigenvalue weighted by Gasteiger charge is 1.96. The predicted octanol–water partition coefficient (Wildman–Crippen LogP) is 10.4. The first-order valence-corrected chi connectivity index (χ1v) is 11.8. The third kappa shape index (κ3) is 11.2. The fourth-order valence-electron chi connectivity index (χ4n) is 3.44. The van der Waals surface area contributed by atoms with E-state index < -0.39 is 0 Å². The monoisotopic (exact) mass is 468 g/mol. The van der Waals surface area contributed by atoms with Crippen LogP contribution < -0.4 is 0 Å². The van der Waals surface area contributed by atoms with E-state index in [1.54, 1.807) is 0 Å². The highest BCUT2D eigenvalue weighted by Crippen LogP contribution is 2.12. The van der Waals surface area contributed by atoms with Gasteiger partial charge in [0.15, 0.2) is 0 Å². The second-order valence-corrected chi connectivity index (χ2v) is 9.25. The van der Waals surface area contributed by atoms with E-state index in [0.717, 1.165) is 6.42 Å². The van der Waals surface area contributed by atoms with Crippen molar-refractivity contribution in [3.05, 3.63) is 141 Å². The molecule has 0 nitrogen and oxygen atoms in total. The molecule has 0 heteroatoms. The summed E-state index contributed by atoms with van der Waals surface area (Å²) in [5.74, 6) is 0. The van der Waals surface area contributed by atoms with Crippen LogP contribution in [0.25, 0.3) is 0 Å². The van der Waals surface area contributed by atoms with Crippen LogP contribution in [0.2, 0.25) is 0 Å². The van der Waals surface area contributed by atoms with Crippen LogP contribution in [0.3, 0.4) is 0 Å². The highest BCUT2D eigenvalue weighted by molar-refractivity contribution is 5.32. The summed E-state index contributed by atoms with van der Waals surface area (Å²) in [6, 6.07) is 30.4. The Morgan fingerprint density at radius 2 is 0.800 bits per heavy atom. The van der Waals surface area contributed by atoms with Crippen molar-refractivity contribution in [1.82, 2.24) is 0 Å². The lowest BCUT2D eigenvalue weighted by Gasteiger charge is -2.03. The zero-order chi connectivity index (χ0) is 24.4. The van der Waals surface area contributed by atoms with Crippen molar-refractivity contribution in [2.75, 3.05) is 0 Å². The molecule has 35 heavy (non-hydrogen) atoms. The fourth-order valence-corrected chi connectivity index (χ4v) is 3.44. The lowest BCUT2D eigenvalue weighted by Crippen LogP contribution is -1.88. The van der Waals surface area contributed by atoms with E-state index in [1.165, 1.54) is 55.6 Å². The van der Waals surface area contributed by atoms with Crippen LogP contribution in [-0.2, 0) is 6.42 Å². The summed E-state index contributed by atoms with van der Waals surface area (Å²) in [6.45, 7) is 17.1. The van der Waals surface area contributed by atoms with Crippen LogP contribution >= 0.6 is 0 Å². The van der Waals surface area contributed by atoms with E-state index in [0.29, 0.717) is 0 Å². The largest absolute Gasteiger partial charge is 0.0776 e. The molecule has 0 aromatic heterocycles. The molecule has 0 spiro atoms. The SMILES string of the molecule is C.C.Cc1ccc(C)c(C)c1.Cc1ccc(Cc2ccc(C)cc2)cc1.Cc1cccc(C)c1C. The molecule has 188 valence electrons. The van der Waals surface area contributed by atoms with E-state index >= 15 is 0 Å². The normalized spacial score (nSPS) is 9.37. The Bertz CT molecular complexity index is 1070. The summed E-state index contributed by atoms with van der Waals surface area (Å²) in [5.41, 5.74) is 13.7. The molecule has 4 aromatic carbocycles. The van der Waals surface area contributed by atoms with Gasteiger partial charge in [0.1, 0.15) is 0 Å². The molecule has 0 saturated carbocycles. The Labute approximate surface area is 217 Å². The van der Waals surface area contributed by atoms with E-state index in [1.807, 2.05) is 0 Å². The van der Waals surface area contributed by atoms with Crippen molar-refractivity contribution >= 4 is 0 Å². The van der Waals surface area contributed by atoms with Crippen LogP contribution in [0.1, 0.15) is 70.5 Å². The van der Waals surface area contributed by atoms with Gasteiger partial charge in [-0.15, -0.1) is 0 Å². The van der Waals surface area contributed by atoms with Crippen LogP contribution in [-0.4, -0.2) is 0 Å². The molecule has 0 amide bonds. The molecule has 0 bridgehead atoms. The zero-order valence-electron chi connectivity index (χ0n) is 21.8. The molecule has 0 heterocycles. The predicted molar refractivity (Wildman–Crippen MR) is 160 cm³/mol. The smallest absolute Gasteiger partial charge is 0.00258 e. The molecule has 4 rings (SSSR count). The molecule has 0 atom stereocenters. The molecule has 4 aromatic rings. The Kier molecular flexibility index (Phi) is 14.3. The molecule has 0 aliphatic carbocycles. The van der Waals surface area contributed by atoms with Gasteiger partial charge >= 0.3 is 0 Å². The molecular weight excluding hydrogens is 420 g/mol. The summed E-state index contributed by atoms with van der Waals surface area (Å²) in [4.78, 5) is 0. The van der Waals surface area contributed by atoms with Gasteiger partial charge < -0.3 is 0 Å². The molecule has 0 unspecified atom stereocenters. The van der Waals surface area contributed by atoms with Gasteiger partial charge in [-0.1, -0.05) is 116 Å². The number of aryl methyl sites for hydroxylation is 7. The van der Waals surface area contributed by atoms with Gasteiger partial charge in [-0.05, 0) is 101 Å². The Hall–Kier alpha value is -3.12. The maximum atomic E-state index is 2.20. The number of benzene rings is 4. The fraction of sp³-hybridized carbons (Fsp3) is 0.314. The third-order valence-corrected chi connectivity index (χ3v) is 6.19. The quantitative estimate of drug-likeness (QED) is 0.274. The molecule has 0 radical (unpaired) electrons. The Balaban J connectivity index is 0.000000507. The van der Waals surface area contributed by atoms with E-state index in [2.05, 4.69) is 140 Å². The first-order chi connectivity index (χ1) is 15.7. The Morgan fingerprint density at radius 1 is 0.400 bits per heavy atom. The lowest BCUT2D eigenvalue weighted by molar-refractivity contribution is 1.18. The minimum Gasteiger partial charge on any atom is -0.0776 e. The van der Waals surface area contributed by atoms with Crippen LogP contribution in [0.5, 0.6) is 0 Å². The molecule has 0 fully saturated rings. The van der Waals surface area contributed by atoms with Crippen molar-refractivity contribution < 1.29 is 0 Å². The van der Waals surface area contributed by atoms with Gasteiger partial charge in [-0.25, -0.2) is 0 Å². The van der Waals surface area contributed by atoms with E-state index in [4.69, 9.17) is 0 Å². The van der Waals surface area contributed by atoms with Gasteiger partial charge in [0.25, 0.3) is 0 Å². The Morgan fingerprint density at radius 3 is 1.14 bits per heavy atom. The number of hydrogen-bond donors (Lipinski definition) is 0. The van der Waals surface area contributed by atoms with Crippen molar-refractivity contribution in [2.45, 2.75) is 76.7 Å². The second kappa shape index (κ2) is 15.7. The maximum absolute atomic E-state index is 2.20. The summed E-state index contributed by atoms with van der Waals surface area (Å²) in [6.07, 6.45) is 1.03. The standard InChI is InChI=1S/C15H16.2C9H12.2CH4/c1-12-3-7-14(8-4-12)11-15-9-5-13(2)6-10-15;1-7-4-5-8(2)9(3)6-7;1-7-5-4-6-8(2)9(7)3;;/h3-10H,11H2,1-2H3;2*4-6H,1-3H3;2*1H4. The van der Waals surface area contributed by atoms with Gasteiger partial charge in [0.2, 0.25) is 0 Å². The summed E-state index contributed by atoms with van der Waals surface area (Å²) < 4.78 is 0. The first-order valence-electron chi connectivity index (χ1n) is 11.8. The molecular formula is C35H48. The number of rotatable bonds is 2. The van der Waals surface area contributed by atoms with E-state index in [9.17, 15) is 0 Å². The minimum atomic E-state index is 0. The molecule has 0 saturated heterocycles. The van der Waals surface area contributed by atoms with Gasteiger partial charge in [-0.3, -0.25) is 0 Å². The molecule has 0 aliphatic rings. The summed E-state index contributed by atoms with van der Waals surface area (Å²) >= 11 is 0. The minimum absolute atomic E-state index is 0. The average molecular weight is 469 g/mol. The average Bonchev–Trinajstić information content (AvgIpc) is 2.79. The van der Waals surface area contributed by atoms with Crippen LogP contribution in [0.15, 0.2) is 84.9 Å². The topological polar surface area (TPSA) is 0 Å². The lowest BCUT2D eigenvalue weighted by atomic mass is 10.0. The van der Waals surface area contributed by atoms with E-state index in [-0.39, 0.29) is 14.9 Å². The van der Waals surface area contributed by atoms with Gasteiger partial charge in [0, 0.05) is 0 Å². The van der Waals surface area contributed by atoms with Crippen molar-refractivity contribution in [3.8, 4) is 0 Å². The second-order valence-electron chi connectivity index (χ2n) is 9.25. The molecule has 0 N–H and O–H groups in total. The first kappa shape index (κ1) is 31.9. The van der Waals surface area contributed by atoms with Crippen LogP contribution in [0, 0.1) is 55.4 Å². The van der Waals surface area contributed by atoms with Crippen molar-refractivity contribution in [1.29, 1.82) is 0 Å². The highest BCUT2D eigenvalue weighted by atomic mass is 14.0. The summed E-state index contributed by atoms with van der Waals surface area (Å²) in [7, 11) is 0. The zero-order valence-corrected chi connectivity index (χ0v) is 21.8. The van der Waals surface area contributed by atoms with Crippen molar-refractivity contribution in [2.24, 2.45) is 0 Å². The van der Waals surface area contributed by atoms with Gasteiger partial charge in [0.05, 0.1) is 0 Å². The molecule has 0 aliphatic heterocycles. The van der Waals surface area contributed by atoms with Crippen molar-refractivity contribution in [3.63, 3.8) is 0 Å². The van der Waals surface area contributed by atoms with Crippen LogP contribution in [0.4, 0.5) is 0 Å². The van der Waals surface area contributed by atoms with Gasteiger partial charge in [-0.2, -0.15) is 0 Å².